The van der Waals surface area contributed by atoms with Crippen LogP contribution in [0.4, 0.5) is 0 Å². The van der Waals surface area contributed by atoms with Crippen molar-refractivity contribution in [1.82, 2.24) is 0 Å². The molecule has 1 aromatic rings. The van der Waals surface area contributed by atoms with E-state index in [-0.39, 0.29) is 6.29 Å². The predicted molar refractivity (Wildman–Crippen MR) is 70.2 cm³/mol. The lowest BCUT2D eigenvalue weighted by atomic mass is 10.2. The van der Waals surface area contributed by atoms with Crippen molar-refractivity contribution in [2.45, 2.75) is 40.4 Å². The standard InChI is InChI=1S/C8H10O.C6H14O2/c1-2-7-3-5-8(9)6-4-7;1-4-7-6(3)8-5-2/h3-6,9H,2H2,1H3;6H,4-5H2,1-3H3. The molecule has 0 atom stereocenters. The molecule has 0 unspecified atom stereocenters. The van der Waals surface area contributed by atoms with Gasteiger partial charge in [0.2, 0.25) is 0 Å². The molecular formula is C14H24O3. The lowest BCUT2D eigenvalue weighted by Crippen LogP contribution is -2.11. The second kappa shape index (κ2) is 10.1. The predicted octanol–water partition coefficient (Wildman–Crippen LogP) is 3.36. The summed E-state index contributed by atoms with van der Waals surface area (Å²) in [6.45, 7) is 9.34. The maximum Gasteiger partial charge on any atom is 0.154 e. The molecule has 0 radical (unpaired) electrons. The minimum absolute atomic E-state index is 0.0370. The average molecular weight is 240 g/mol. The molecule has 0 aliphatic heterocycles. The number of phenolic OH excluding ortho intramolecular Hbond substituents is 1. The highest BCUT2D eigenvalue weighted by Gasteiger charge is 1.94. The second-order valence-corrected chi connectivity index (χ2v) is 3.50. The van der Waals surface area contributed by atoms with Gasteiger partial charge in [-0.3, -0.25) is 0 Å². The van der Waals surface area contributed by atoms with Gasteiger partial charge in [0.05, 0.1) is 0 Å². The molecule has 0 amide bonds. The fourth-order valence-electron chi connectivity index (χ4n) is 1.25. The molecule has 0 heterocycles. The third-order valence-electron chi connectivity index (χ3n) is 2.15. The zero-order valence-corrected chi connectivity index (χ0v) is 11.3. The first-order valence-corrected chi connectivity index (χ1v) is 6.15. The van der Waals surface area contributed by atoms with E-state index in [0.717, 1.165) is 19.6 Å². The van der Waals surface area contributed by atoms with Gasteiger partial charge in [-0.05, 0) is 44.9 Å². The van der Waals surface area contributed by atoms with E-state index in [2.05, 4.69) is 6.92 Å². The van der Waals surface area contributed by atoms with Crippen molar-refractivity contribution in [2.75, 3.05) is 13.2 Å². The summed E-state index contributed by atoms with van der Waals surface area (Å²) in [6, 6.07) is 7.27. The van der Waals surface area contributed by atoms with Crippen LogP contribution in [-0.2, 0) is 15.9 Å². The minimum Gasteiger partial charge on any atom is -0.508 e. The van der Waals surface area contributed by atoms with Crippen molar-refractivity contribution < 1.29 is 14.6 Å². The quantitative estimate of drug-likeness (QED) is 0.802. The molecular weight excluding hydrogens is 216 g/mol. The third kappa shape index (κ3) is 8.72. The van der Waals surface area contributed by atoms with Crippen LogP contribution in [-0.4, -0.2) is 24.6 Å². The molecule has 1 rings (SSSR count). The van der Waals surface area contributed by atoms with Gasteiger partial charge in [-0.15, -0.1) is 0 Å². The van der Waals surface area contributed by atoms with Gasteiger partial charge in [-0.2, -0.15) is 0 Å². The Bertz CT molecular complexity index is 263. The summed E-state index contributed by atoms with van der Waals surface area (Å²) < 4.78 is 10.1. The molecule has 1 N–H and O–H groups in total. The van der Waals surface area contributed by atoms with Crippen LogP contribution >= 0.6 is 0 Å². The van der Waals surface area contributed by atoms with E-state index in [0.29, 0.717) is 5.75 Å². The van der Waals surface area contributed by atoms with Gasteiger partial charge in [0.1, 0.15) is 5.75 Å². The van der Waals surface area contributed by atoms with Crippen LogP contribution < -0.4 is 0 Å². The molecule has 0 saturated heterocycles. The largest absolute Gasteiger partial charge is 0.508 e. The first-order valence-electron chi connectivity index (χ1n) is 6.15. The van der Waals surface area contributed by atoms with Gasteiger partial charge in [-0.25, -0.2) is 0 Å². The maximum atomic E-state index is 8.85. The number of hydrogen-bond acceptors (Lipinski definition) is 3. The summed E-state index contributed by atoms with van der Waals surface area (Å²) in [5.74, 6) is 0.340. The van der Waals surface area contributed by atoms with Crippen LogP contribution in [0.25, 0.3) is 0 Å². The van der Waals surface area contributed by atoms with E-state index in [9.17, 15) is 0 Å². The van der Waals surface area contributed by atoms with E-state index in [1.165, 1.54) is 5.56 Å². The van der Waals surface area contributed by atoms with Crippen molar-refractivity contribution >= 4 is 0 Å². The Morgan fingerprint density at radius 3 is 1.82 bits per heavy atom. The minimum atomic E-state index is -0.0370. The molecule has 0 bridgehead atoms. The fourth-order valence-corrected chi connectivity index (χ4v) is 1.25. The summed E-state index contributed by atoms with van der Waals surface area (Å²) in [6.07, 6.45) is 0.991. The number of aryl methyl sites for hydroxylation is 1. The SMILES string of the molecule is CCOC(C)OCC.CCc1ccc(O)cc1. The van der Waals surface area contributed by atoms with Crippen molar-refractivity contribution in [3.63, 3.8) is 0 Å². The monoisotopic (exact) mass is 240 g/mol. The van der Waals surface area contributed by atoms with Gasteiger partial charge in [0.15, 0.2) is 6.29 Å². The van der Waals surface area contributed by atoms with E-state index in [1.807, 2.05) is 32.9 Å². The number of rotatable bonds is 5. The van der Waals surface area contributed by atoms with Crippen molar-refractivity contribution in [3.05, 3.63) is 29.8 Å². The van der Waals surface area contributed by atoms with Crippen LogP contribution in [0.1, 0.15) is 33.3 Å². The van der Waals surface area contributed by atoms with Gasteiger partial charge >= 0.3 is 0 Å². The number of hydrogen-bond donors (Lipinski definition) is 1. The summed E-state index contributed by atoms with van der Waals surface area (Å²) >= 11 is 0. The van der Waals surface area contributed by atoms with E-state index in [4.69, 9.17) is 14.6 Å². The Morgan fingerprint density at radius 1 is 1.00 bits per heavy atom. The van der Waals surface area contributed by atoms with E-state index < -0.39 is 0 Å². The fraction of sp³-hybridized carbons (Fsp3) is 0.571. The zero-order valence-electron chi connectivity index (χ0n) is 11.3. The third-order valence-corrected chi connectivity index (χ3v) is 2.15. The molecule has 17 heavy (non-hydrogen) atoms. The number of ether oxygens (including phenoxy) is 2. The molecule has 0 aromatic heterocycles. The topological polar surface area (TPSA) is 38.7 Å². The molecule has 3 heteroatoms. The second-order valence-electron chi connectivity index (χ2n) is 3.50. The Morgan fingerprint density at radius 2 is 1.47 bits per heavy atom. The molecule has 0 spiro atoms. The molecule has 1 aromatic carbocycles. The smallest absolute Gasteiger partial charge is 0.154 e. The zero-order chi connectivity index (χ0) is 13.1. The molecule has 0 fully saturated rings. The molecule has 0 saturated carbocycles. The Hall–Kier alpha value is -1.06. The molecule has 0 aliphatic carbocycles. The van der Waals surface area contributed by atoms with Crippen LogP contribution in [0.2, 0.25) is 0 Å². The Balaban J connectivity index is 0.000000304. The van der Waals surface area contributed by atoms with Gasteiger partial charge in [0, 0.05) is 13.2 Å². The average Bonchev–Trinajstić information content (AvgIpc) is 2.32. The Kier molecular flexibility index (Phi) is 9.49. The van der Waals surface area contributed by atoms with Gasteiger partial charge < -0.3 is 14.6 Å². The van der Waals surface area contributed by atoms with Crippen molar-refractivity contribution in [3.8, 4) is 5.75 Å². The van der Waals surface area contributed by atoms with Crippen molar-refractivity contribution in [2.24, 2.45) is 0 Å². The Labute approximate surface area is 104 Å². The van der Waals surface area contributed by atoms with Crippen LogP contribution in [0, 0.1) is 0 Å². The van der Waals surface area contributed by atoms with Crippen LogP contribution in [0.15, 0.2) is 24.3 Å². The summed E-state index contributed by atoms with van der Waals surface area (Å²) in [5, 5.41) is 8.85. The summed E-state index contributed by atoms with van der Waals surface area (Å²) in [7, 11) is 0. The number of phenols is 1. The van der Waals surface area contributed by atoms with Crippen LogP contribution in [0.3, 0.4) is 0 Å². The molecule has 0 aliphatic rings. The highest BCUT2D eigenvalue weighted by Crippen LogP contribution is 2.09. The molecule has 3 nitrogen and oxygen atoms in total. The van der Waals surface area contributed by atoms with Crippen LogP contribution in [0.5, 0.6) is 5.75 Å². The first kappa shape index (κ1) is 15.9. The highest BCUT2D eigenvalue weighted by molar-refractivity contribution is 5.25. The first-order chi connectivity index (χ1) is 8.13. The summed E-state index contributed by atoms with van der Waals surface area (Å²) in [5.41, 5.74) is 1.26. The van der Waals surface area contributed by atoms with Gasteiger partial charge in [-0.1, -0.05) is 19.1 Å². The number of aromatic hydroxyl groups is 1. The normalized spacial score (nSPS) is 9.94. The number of benzene rings is 1. The summed E-state index contributed by atoms with van der Waals surface area (Å²) in [4.78, 5) is 0. The highest BCUT2D eigenvalue weighted by atomic mass is 16.7. The van der Waals surface area contributed by atoms with E-state index in [1.54, 1.807) is 12.1 Å². The lowest BCUT2D eigenvalue weighted by molar-refractivity contribution is -0.123. The van der Waals surface area contributed by atoms with Crippen molar-refractivity contribution in [1.29, 1.82) is 0 Å². The molecule has 98 valence electrons. The van der Waals surface area contributed by atoms with Gasteiger partial charge in [0.25, 0.3) is 0 Å². The maximum absolute atomic E-state index is 8.85. The van der Waals surface area contributed by atoms with E-state index >= 15 is 0 Å². The lowest BCUT2D eigenvalue weighted by Gasteiger charge is -2.09.